The fraction of sp³-hybridized carbons (Fsp3) is 0.120. The van der Waals surface area contributed by atoms with E-state index in [1.54, 1.807) is 14.0 Å². The average molecular weight is 367 g/mol. The van der Waals surface area contributed by atoms with E-state index >= 15 is 0 Å². The molecule has 1 heterocycles. The van der Waals surface area contributed by atoms with Gasteiger partial charge in [-0.25, -0.2) is 0 Å². The number of aromatic nitrogens is 1. The first-order valence-electron chi connectivity index (χ1n) is 9.23. The van der Waals surface area contributed by atoms with Gasteiger partial charge in [0.15, 0.2) is 5.78 Å². The lowest BCUT2D eigenvalue weighted by Gasteiger charge is -2.15. The highest BCUT2D eigenvalue weighted by molar-refractivity contribution is 6.10. The molecule has 0 aliphatic rings. The number of hydrogen-bond acceptors (Lipinski definition) is 3. The number of hydrogen-bond donors (Lipinski definition) is 0. The predicted molar refractivity (Wildman–Crippen MR) is 114 cm³/mol. The van der Waals surface area contributed by atoms with Gasteiger partial charge in [0.1, 0.15) is 5.75 Å². The minimum atomic E-state index is 0.0283. The number of fused-ring (bicyclic) bond motifs is 1. The van der Waals surface area contributed by atoms with E-state index in [1.165, 1.54) is 0 Å². The fourth-order valence-corrected chi connectivity index (χ4v) is 3.68. The van der Waals surface area contributed by atoms with Crippen molar-refractivity contribution < 1.29 is 9.53 Å². The second kappa shape index (κ2) is 7.28. The normalized spacial score (nSPS) is 10.8. The molecular weight excluding hydrogens is 346 g/mol. The van der Waals surface area contributed by atoms with Crippen molar-refractivity contribution in [2.45, 2.75) is 13.8 Å². The molecule has 0 aliphatic heterocycles. The molecule has 28 heavy (non-hydrogen) atoms. The van der Waals surface area contributed by atoms with Crippen LogP contribution in [0.2, 0.25) is 0 Å². The standard InChI is InChI=1S/C25H21NO2/c1-16-24(17(2)27)25(19-7-5-4-6-8-19)22-15-20(11-14-23(22)26-16)18-9-12-21(28-3)13-10-18/h4-15H,1-3H3. The molecule has 0 fully saturated rings. The molecule has 0 radical (unpaired) electrons. The quantitative estimate of drug-likeness (QED) is 0.410. The molecule has 138 valence electrons. The van der Waals surface area contributed by atoms with Crippen LogP contribution in [0.1, 0.15) is 23.0 Å². The Kier molecular flexibility index (Phi) is 4.66. The van der Waals surface area contributed by atoms with E-state index in [4.69, 9.17) is 9.72 Å². The van der Waals surface area contributed by atoms with Crippen LogP contribution in [0, 0.1) is 6.92 Å². The van der Waals surface area contributed by atoms with Crippen LogP contribution >= 0.6 is 0 Å². The van der Waals surface area contributed by atoms with Crippen LogP contribution < -0.4 is 4.74 Å². The molecule has 0 saturated heterocycles. The number of rotatable bonds is 4. The van der Waals surface area contributed by atoms with Gasteiger partial charge in [0.25, 0.3) is 0 Å². The summed E-state index contributed by atoms with van der Waals surface area (Å²) < 4.78 is 5.26. The molecule has 0 spiro atoms. The lowest BCUT2D eigenvalue weighted by Crippen LogP contribution is -2.03. The number of methoxy groups -OCH3 is 1. The molecule has 0 bridgehead atoms. The van der Waals surface area contributed by atoms with Crippen molar-refractivity contribution in [1.82, 2.24) is 4.98 Å². The molecule has 3 aromatic carbocycles. The van der Waals surface area contributed by atoms with Crippen LogP contribution in [0.25, 0.3) is 33.2 Å². The second-order valence-electron chi connectivity index (χ2n) is 6.83. The van der Waals surface area contributed by atoms with E-state index in [0.29, 0.717) is 5.56 Å². The smallest absolute Gasteiger partial charge is 0.162 e. The Morgan fingerprint density at radius 1 is 0.857 bits per heavy atom. The third-order valence-corrected chi connectivity index (χ3v) is 5.00. The molecule has 0 N–H and O–H groups in total. The van der Waals surface area contributed by atoms with Crippen LogP contribution in [0.3, 0.4) is 0 Å². The molecule has 4 rings (SSSR count). The first kappa shape index (κ1) is 17.9. The summed E-state index contributed by atoms with van der Waals surface area (Å²) in [6.45, 7) is 3.51. The molecule has 0 aliphatic carbocycles. The fourth-order valence-electron chi connectivity index (χ4n) is 3.68. The Morgan fingerprint density at radius 2 is 1.54 bits per heavy atom. The van der Waals surface area contributed by atoms with Gasteiger partial charge in [0.2, 0.25) is 0 Å². The van der Waals surface area contributed by atoms with Crippen LogP contribution in [-0.2, 0) is 0 Å². The lowest BCUT2D eigenvalue weighted by atomic mass is 9.91. The number of pyridine rings is 1. The van der Waals surface area contributed by atoms with Crippen molar-refractivity contribution in [3.8, 4) is 28.0 Å². The molecule has 0 amide bonds. The molecule has 1 aromatic heterocycles. The summed E-state index contributed by atoms with van der Waals surface area (Å²) in [6, 6.07) is 24.2. The molecule has 0 saturated carbocycles. The highest BCUT2D eigenvalue weighted by atomic mass is 16.5. The summed E-state index contributed by atoms with van der Waals surface area (Å²) in [5.74, 6) is 0.853. The number of ketones is 1. The number of carbonyl (C=O) groups excluding carboxylic acids is 1. The van der Waals surface area contributed by atoms with Crippen LogP contribution in [0.5, 0.6) is 5.75 Å². The third-order valence-electron chi connectivity index (χ3n) is 5.00. The molecule has 3 nitrogen and oxygen atoms in total. The second-order valence-corrected chi connectivity index (χ2v) is 6.83. The molecule has 3 heteroatoms. The Bertz CT molecular complexity index is 1160. The van der Waals surface area contributed by atoms with E-state index in [0.717, 1.165) is 44.6 Å². The van der Waals surface area contributed by atoms with E-state index in [1.807, 2.05) is 67.6 Å². The number of Topliss-reactive ketones (excluding diaryl/α,β-unsaturated/α-hetero) is 1. The van der Waals surface area contributed by atoms with Crippen molar-refractivity contribution in [2.75, 3.05) is 7.11 Å². The van der Waals surface area contributed by atoms with Gasteiger partial charge >= 0.3 is 0 Å². The number of benzene rings is 3. The monoisotopic (exact) mass is 367 g/mol. The van der Waals surface area contributed by atoms with Crippen molar-refractivity contribution in [3.63, 3.8) is 0 Å². The number of nitrogens with zero attached hydrogens (tertiary/aromatic N) is 1. The van der Waals surface area contributed by atoms with Gasteiger partial charge in [0.05, 0.1) is 12.6 Å². The Morgan fingerprint density at radius 3 is 2.18 bits per heavy atom. The summed E-state index contributed by atoms with van der Waals surface area (Å²) in [5.41, 5.74) is 6.47. The van der Waals surface area contributed by atoms with Crippen LogP contribution in [-0.4, -0.2) is 17.9 Å². The van der Waals surface area contributed by atoms with E-state index in [2.05, 4.69) is 12.1 Å². The largest absolute Gasteiger partial charge is 0.497 e. The topological polar surface area (TPSA) is 39.2 Å². The van der Waals surface area contributed by atoms with E-state index < -0.39 is 0 Å². The zero-order chi connectivity index (χ0) is 19.7. The zero-order valence-electron chi connectivity index (χ0n) is 16.2. The number of ether oxygens (including phenoxy) is 1. The van der Waals surface area contributed by atoms with Gasteiger partial charge < -0.3 is 4.74 Å². The minimum Gasteiger partial charge on any atom is -0.497 e. The van der Waals surface area contributed by atoms with E-state index in [9.17, 15) is 4.79 Å². The predicted octanol–water partition coefficient (Wildman–Crippen LogP) is 6.09. The lowest BCUT2D eigenvalue weighted by molar-refractivity contribution is 0.101. The van der Waals surface area contributed by atoms with E-state index in [-0.39, 0.29) is 5.78 Å². The zero-order valence-corrected chi connectivity index (χ0v) is 16.2. The van der Waals surface area contributed by atoms with Gasteiger partial charge in [-0.15, -0.1) is 0 Å². The average Bonchev–Trinajstić information content (AvgIpc) is 2.73. The number of carbonyl (C=O) groups is 1. The van der Waals surface area contributed by atoms with Crippen LogP contribution in [0.4, 0.5) is 0 Å². The van der Waals surface area contributed by atoms with Crippen molar-refractivity contribution in [3.05, 3.63) is 84.1 Å². The van der Waals surface area contributed by atoms with Crippen molar-refractivity contribution in [2.24, 2.45) is 0 Å². The van der Waals surface area contributed by atoms with Crippen LogP contribution in [0.15, 0.2) is 72.8 Å². The SMILES string of the molecule is COc1ccc(-c2ccc3nc(C)c(C(C)=O)c(-c4ccccc4)c3c2)cc1. The Hall–Kier alpha value is -3.46. The van der Waals surface area contributed by atoms with Gasteiger partial charge in [-0.1, -0.05) is 48.5 Å². The molecule has 4 aromatic rings. The van der Waals surface area contributed by atoms with Gasteiger partial charge in [-0.3, -0.25) is 9.78 Å². The maximum absolute atomic E-state index is 12.5. The third kappa shape index (κ3) is 3.16. The molecule has 0 unspecified atom stereocenters. The van der Waals surface area contributed by atoms with Crippen molar-refractivity contribution in [1.29, 1.82) is 0 Å². The molecule has 0 atom stereocenters. The summed E-state index contributed by atoms with van der Waals surface area (Å²) in [6.07, 6.45) is 0. The highest BCUT2D eigenvalue weighted by Gasteiger charge is 2.18. The van der Waals surface area contributed by atoms with Gasteiger partial charge in [-0.2, -0.15) is 0 Å². The van der Waals surface area contributed by atoms with Crippen molar-refractivity contribution >= 4 is 16.7 Å². The summed E-state index contributed by atoms with van der Waals surface area (Å²) in [4.78, 5) is 17.2. The maximum atomic E-state index is 12.5. The van der Waals surface area contributed by atoms with Gasteiger partial charge in [0, 0.05) is 22.2 Å². The highest BCUT2D eigenvalue weighted by Crippen LogP contribution is 2.35. The summed E-state index contributed by atoms with van der Waals surface area (Å²) in [7, 11) is 1.66. The Labute approximate surface area is 164 Å². The molecular formula is C25H21NO2. The van der Waals surface area contributed by atoms with Gasteiger partial charge in [-0.05, 0) is 54.8 Å². The number of aryl methyl sites for hydroxylation is 1. The summed E-state index contributed by atoms with van der Waals surface area (Å²) in [5, 5.41) is 0.982. The maximum Gasteiger partial charge on any atom is 0.162 e. The minimum absolute atomic E-state index is 0.0283. The first-order valence-corrected chi connectivity index (χ1v) is 9.23. The Balaban J connectivity index is 2.01. The first-order chi connectivity index (χ1) is 13.6. The summed E-state index contributed by atoms with van der Waals surface area (Å²) >= 11 is 0.